The molecule has 102 valence electrons. The lowest BCUT2D eigenvalue weighted by molar-refractivity contribution is 0.577. The number of nitrogens with zero attached hydrogens (tertiary/aromatic N) is 4. The first-order valence-electron chi connectivity index (χ1n) is 6.38. The molecular weight excluding hydrogens is 306 g/mol. The molecule has 0 saturated heterocycles. The minimum Gasteiger partial charge on any atom is -0.316 e. The number of rotatable bonds is 6. The van der Waals surface area contributed by atoms with E-state index >= 15 is 0 Å². The van der Waals surface area contributed by atoms with E-state index in [2.05, 4.69) is 67.8 Å². The molecule has 0 spiro atoms. The van der Waals surface area contributed by atoms with E-state index in [-0.39, 0.29) is 0 Å². The molecule has 0 radical (unpaired) electrons. The average Bonchev–Trinajstić information content (AvgIpc) is 2.81. The number of aromatic nitrogens is 4. The van der Waals surface area contributed by atoms with Crippen LogP contribution < -0.4 is 5.32 Å². The second kappa shape index (κ2) is 6.77. The number of hydrogen-bond donors (Lipinski definition) is 1. The molecule has 0 bridgehead atoms. The zero-order chi connectivity index (χ0) is 13.7. The largest absolute Gasteiger partial charge is 0.316 e. The summed E-state index contributed by atoms with van der Waals surface area (Å²) in [5.41, 5.74) is 1.29. The van der Waals surface area contributed by atoms with E-state index in [1.54, 1.807) is 7.05 Å². The first-order valence-corrected chi connectivity index (χ1v) is 7.17. The molecular formula is C13H18BrN5. The van der Waals surface area contributed by atoms with Gasteiger partial charge in [-0.2, -0.15) is 4.80 Å². The van der Waals surface area contributed by atoms with Gasteiger partial charge in [-0.05, 0) is 29.5 Å². The average molecular weight is 324 g/mol. The van der Waals surface area contributed by atoms with E-state index < -0.39 is 0 Å². The van der Waals surface area contributed by atoms with Crippen LogP contribution in [0.4, 0.5) is 0 Å². The molecule has 5 nitrogen and oxygen atoms in total. The van der Waals surface area contributed by atoms with Crippen molar-refractivity contribution in [2.45, 2.75) is 19.3 Å². The van der Waals surface area contributed by atoms with Crippen molar-refractivity contribution in [2.24, 2.45) is 7.05 Å². The van der Waals surface area contributed by atoms with Crippen molar-refractivity contribution in [1.82, 2.24) is 25.5 Å². The highest BCUT2D eigenvalue weighted by molar-refractivity contribution is 9.10. The van der Waals surface area contributed by atoms with E-state index in [0.717, 1.165) is 29.8 Å². The van der Waals surface area contributed by atoms with Gasteiger partial charge >= 0.3 is 0 Å². The van der Waals surface area contributed by atoms with Crippen LogP contribution in [0, 0.1) is 0 Å². The summed E-state index contributed by atoms with van der Waals surface area (Å²) in [4.78, 5) is 1.50. The number of halogens is 1. The predicted molar refractivity (Wildman–Crippen MR) is 77.9 cm³/mol. The van der Waals surface area contributed by atoms with Crippen LogP contribution in [0.1, 0.15) is 24.2 Å². The normalized spacial score (nSPS) is 12.6. The van der Waals surface area contributed by atoms with Crippen molar-refractivity contribution in [3.63, 3.8) is 0 Å². The van der Waals surface area contributed by atoms with E-state index in [1.165, 1.54) is 10.4 Å². The molecule has 1 aromatic heterocycles. The lowest BCUT2D eigenvalue weighted by Crippen LogP contribution is -2.23. The van der Waals surface area contributed by atoms with Crippen LogP contribution in [0.2, 0.25) is 0 Å². The molecule has 1 unspecified atom stereocenters. The molecule has 2 aromatic rings. The molecule has 0 fully saturated rings. The Hall–Kier alpha value is -1.27. The maximum atomic E-state index is 4.26. The van der Waals surface area contributed by atoms with Crippen LogP contribution in [0.15, 0.2) is 28.7 Å². The Morgan fingerprint density at radius 3 is 2.63 bits per heavy atom. The Labute approximate surface area is 121 Å². The summed E-state index contributed by atoms with van der Waals surface area (Å²) in [5.74, 6) is 1.14. The summed E-state index contributed by atoms with van der Waals surface area (Å²) < 4.78 is 1.09. The molecule has 0 aliphatic rings. The van der Waals surface area contributed by atoms with E-state index in [1.807, 2.05) is 0 Å². The van der Waals surface area contributed by atoms with Gasteiger partial charge in [0.2, 0.25) is 0 Å². The fourth-order valence-corrected chi connectivity index (χ4v) is 2.25. The first kappa shape index (κ1) is 14.1. The maximum absolute atomic E-state index is 4.26. The molecule has 19 heavy (non-hydrogen) atoms. The molecule has 1 aromatic carbocycles. The molecule has 0 amide bonds. The summed E-state index contributed by atoms with van der Waals surface area (Å²) in [6.07, 6.45) is 0.794. The zero-order valence-electron chi connectivity index (χ0n) is 11.2. The third-order valence-corrected chi connectivity index (χ3v) is 3.49. The Morgan fingerprint density at radius 2 is 2.05 bits per heavy atom. The Kier molecular flexibility index (Phi) is 5.04. The topological polar surface area (TPSA) is 55.6 Å². The van der Waals surface area contributed by atoms with Gasteiger partial charge in [0, 0.05) is 23.4 Å². The quantitative estimate of drug-likeness (QED) is 0.882. The fraction of sp³-hybridized carbons (Fsp3) is 0.462. The van der Waals surface area contributed by atoms with Crippen LogP contribution >= 0.6 is 15.9 Å². The highest BCUT2D eigenvalue weighted by Gasteiger charge is 2.15. The fourth-order valence-electron chi connectivity index (χ4n) is 1.99. The van der Waals surface area contributed by atoms with Gasteiger partial charge in [-0.15, -0.1) is 10.2 Å². The molecule has 0 aliphatic carbocycles. The maximum Gasteiger partial charge on any atom is 0.175 e. The standard InChI is InChI=1S/C13H18BrN5/c1-3-15-9-11(8-13-16-18-19(2)17-13)10-4-6-12(14)7-5-10/h4-7,11,15H,3,8-9H2,1-2H3. The van der Waals surface area contributed by atoms with Gasteiger partial charge in [0.1, 0.15) is 0 Å². The Morgan fingerprint density at radius 1 is 1.32 bits per heavy atom. The second-order valence-corrected chi connectivity index (χ2v) is 5.37. The summed E-state index contributed by atoms with van der Waals surface area (Å²) in [5, 5.41) is 15.6. The number of aryl methyl sites for hydroxylation is 1. The SMILES string of the molecule is CCNCC(Cc1nnn(C)n1)c1ccc(Br)cc1. The van der Waals surface area contributed by atoms with Crippen molar-refractivity contribution < 1.29 is 0 Å². The van der Waals surface area contributed by atoms with Crippen molar-refractivity contribution in [1.29, 1.82) is 0 Å². The lowest BCUT2D eigenvalue weighted by atomic mass is 9.95. The molecule has 6 heteroatoms. The van der Waals surface area contributed by atoms with Crippen molar-refractivity contribution in [3.05, 3.63) is 40.1 Å². The number of benzene rings is 1. The minimum absolute atomic E-state index is 0.359. The van der Waals surface area contributed by atoms with Gasteiger partial charge in [0.05, 0.1) is 7.05 Å². The van der Waals surface area contributed by atoms with Crippen LogP contribution in [0.5, 0.6) is 0 Å². The highest BCUT2D eigenvalue weighted by Crippen LogP contribution is 2.21. The number of likely N-dealkylation sites (N-methyl/N-ethyl adjacent to an activating group) is 1. The predicted octanol–water partition coefficient (Wildman–Crippen LogP) is 1.91. The van der Waals surface area contributed by atoms with Crippen LogP contribution in [-0.4, -0.2) is 33.3 Å². The first-order chi connectivity index (χ1) is 9.19. The zero-order valence-corrected chi connectivity index (χ0v) is 12.8. The van der Waals surface area contributed by atoms with Crippen molar-refractivity contribution in [2.75, 3.05) is 13.1 Å². The highest BCUT2D eigenvalue weighted by atomic mass is 79.9. The molecule has 0 saturated carbocycles. The van der Waals surface area contributed by atoms with Crippen LogP contribution in [0.25, 0.3) is 0 Å². The molecule has 2 rings (SSSR count). The molecule has 1 heterocycles. The van der Waals surface area contributed by atoms with Gasteiger partial charge in [-0.25, -0.2) is 0 Å². The summed E-state index contributed by atoms with van der Waals surface area (Å²) in [6, 6.07) is 8.42. The van der Waals surface area contributed by atoms with Crippen LogP contribution in [-0.2, 0) is 13.5 Å². The smallest absolute Gasteiger partial charge is 0.175 e. The third kappa shape index (κ3) is 4.11. The van der Waals surface area contributed by atoms with Gasteiger partial charge in [0.15, 0.2) is 5.82 Å². The number of tetrazole rings is 1. The van der Waals surface area contributed by atoms with Gasteiger partial charge in [-0.1, -0.05) is 35.0 Å². The van der Waals surface area contributed by atoms with Crippen molar-refractivity contribution in [3.8, 4) is 0 Å². The second-order valence-electron chi connectivity index (χ2n) is 4.46. The van der Waals surface area contributed by atoms with Gasteiger partial charge in [-0.3, -0.25) is 0 Å². The molecule has 0 aliphatic heterocycles. The monoisotopic (exact) mass is 323 g/mol. The summed E-state index contributed by atoms with van der Waals surface area (Å²) in [6.45, 7) is 3.98. The Bertz CT molecular complexity index is 508. The lowest BCUT2D eigenvalue weighted by Gasteiger charge is -2.16. The van der Waals surface area contributed by atoms with E-state index in [0.29, 0.717) is 5.92 Å². The Balaban J connectivity index is 2.13. The van der Waals surface area contributed by atoms with E-state index in [9.17, 15) is 0 Å². The molecule has 1 N–H and O–H groups in total. The minimum atomic E-state index is 0.359. The van der Waals surface area contributed by atoms with E-state index in [4.69, 9.17) is 0 Å². The van der Waals surface area contributed by atoms with Gasteiger partial charge in [0.25, 0.3) is 0 Å². The third-order valence-electron chi connectivity index (χ3n) is 2.96. The summed E-state index contributed by atoms with van der Waals surface area (Å²) >= 11 is 3.46. The van der Waals surface area contributed by atoms with Crippen LogP contribution in [0.3, 0.4) is 0 Å². The number of nitrogens with one attached hydrogen (secondary N) is 1. The van der Waals surface area contributed by atoms with Gasteiger partial charge < -0.3 is 5.32 Å². The number of hydrogen-bond acceptors (Lipinski definition) is 4. The van der Waals surface area contributed by atoms with Crippen molar-refractivity contribution >= 4 is 15.9 Å². The summed E-state index contributed by atoms with van der Waals surface area (Å²) in [7, 11) is 1.79. The molecule has 1 atom stereocenters.